The molecule has 1 nitrogen and oxygen atoms in total. The van der Waals surface area contributed by atoms with E-state index in [1.165, 1.54) is 17.0 Å². The van der Waals surface area contributed by atoms with Gasteiger partial charge in [-0.3, -0.25) is 4.79 Å². The molecular weight excluding hydrogens is 338 g/mol. The molecule has 0 aliphatic carbocycles. The van der Waals surface area contributed by atoms with Crippen molar-refractivity contribution in [2.45, 2.75) is 12.8 Å². The monoisotopic (exact) mass is 354 g/mol. The van der Waals surface area contributed by atoms with Crippen molar-refractivity contribution in [2.75, 3.05) is 0 Å². The summed E-state index contributed by atoms with van der Waals surface area (Å²) in [6.45, 7) is 3.73. The summed E-state index contributed by atoms with van der Waals surface area (Å²) in [6.07, 6.45) is 4.13. The molecular formula is C21H16F2OS. The van der Waals surface area contributed by atoms with Crippen molar-refractivity contribution in [2.24, 2.45) is 0 Å². The third-order valence-electron chi connectivity index (χ3n) is 3.98. The average molecular weight is 354 g/mol. The van der Waals surface area contributed by atoms with Crippen molar-refractivity contribution in [1.82, 2.24) is 0 Å². The van der Waals surface area contributed by atoms with Gasteiger partial charge in [0, 0.05) is 15.3 Å². The Bertz CT molecular complexity index is 910. The van der Waals surface area contributed by atoms with E-state index < -0.39 is 11.6 Å². The zero-order valence-electron chi connectivity index (χ0n) is 13.5. The van der Waals surface area contributed by atoms with Crippen molar-refractivity contribution < 1.29 is 13.6 Å². The Morgan fingerprint density at radius 3 is 2.32 bits per heavy atom. The van der Waals surface area contributed by atoms with Crippen LogP contribution in [0.2, 0.25) is 0 Å². The smallest absolute Gasteiger partial charge is 0.169 e. The molecule has 0 atom stereocenters. The standard InChI is InChI=1S/C21H16F2OS/c1-2-3-4-17-10-12-19(25-17)15-7-5-14(6-8-15)18-11-9-16(13-24)20(22)21(18)23/h2,5-13H,1,3-4H2. The number of rotatable bonds is 6. The highest BCUT2D eigenvalue weighted by atomic mass is 32.1. The Hall–Kier alpha value is -2.59. The molecule has 0 fully saturated rings. The summed E-state index contributed by atoms with van der Waals surface area (Å²) >= 11 is 1.72. The van der Waals surface area contributed by atoms with Crippen LogP contribution in [0, 0.1) is 11.6 Å². The van der Waals surface area contributed by atoms with Gasteiger partial charge in [0.05, 0.1) is 5.56 Å². The van der Waals surface area contributed by atoms with Crippen LogP contribution in [0.5, 0.6) is 0 Å². The van der Waals surface area contributed by atoms with Crippen LogP contribution >= 0.6 is 11.3 Å². The topological polar surface area (TPSA) is 17.1 Å². The molecule has 3 aromatic rings. The number of carbonyl (C=O) groups is 1. The third kappa shape index (κ3) is 3.59. The van der Waals surface area contributed by atoms with E-state index >= 15 is 0 Å². The van der Waals surface area contributed by atoms with E-state index in [-0.39, 0.29) is 11.1 Å². The molecule has 0 bridgehead atoms. The van der Waals surface area contributed by atoms with E-state index in [0.717, 1.165) is 23.3 Å². The SMILES string of the molecule is C=CCCc1ccc(-c2ccc(-c3ccc(C=O)c(F)c3F)cc2)s1. The number of aryl methyl sites for hydroxylation is 1. The average Bonchev–Trinajstić information content (AvgIpc) is 3.11. The highest BCUT2D eigenvalue weighted by Gasteiger charge is 2.14. The first-order valence-corrected chi connectivity index (χ1v) is 8.69. The van der Waals surface area contributed by atoms with E-state index in [2.05, 4.69) is 18.7 Å². The summed E-state index contributed by atoms with van der Waals surface area (Å²) in [6, 6.07) is 14.2. The van der Waals surface area contributed by atoms with Gasteiger partial charge in [0.25, 0.3) is 0 Å². The number of halogens is 2. The molecule has 0 N–H and O–H groups in total. The molecule has 1 aromatic heterocycles. The molecule has 1 heterocycles. The summed E-state index contributed by atoms with van der Waals surface area (Å²) in [5, 5.41) is 0. The summed E-state index contributed by atoms with van der Waals surface area (Å²) in [4.78, 5) is 13.1. The van der Waals surface area contributed by atoms with Crippen LogP contribution < -0.4 is 0 Å². The van der Waals surface area contributed by atoms with E-state index in [0.29, 0.717) is 11.8 Å². The van der Waals surface area contributed by atoms with Gasteiger partial charge in [0.15, 0.2) is 17.9 Å². The number of thiophene rings is 1. The Labute approximate surface area is 149 Å². The first kappa shape index (κ1) is 17.2. The third-order valence-corrected chi connectivity index (χ3v) is 5.17. The minimum absolute atomic E-state index is 0.146. The number of hydrogen-bond acceptors (Lipinski definition) is 2. The van der Waals surface area contributed by atoms with Crippen LogP contribution in [0.15, 0.2) is 61.2 Å². The lowest BCUT2D eigenvalue weighted by molar-refractivity contribution is 0.111. The van der Waals surface area contributed by atoms with E-state index in [1.807, 2.05) is 18.2 Å². The maximum absolute atomic E-state index is 14.1. The molecule has 0 saturated heterocycles. The fourth-order valence-corrected chi connectivity index (χ4v) is 3.63. The van der Waals surface area contributed by atoms with Crippen LogP contribution in [0.1, 0.15) is 21.7 Å². The van der Waals surface area contributed by atoms with Crippen LogP contribution in [-0.2, 0) is 6.42 Å². The number of carbonyl (C=O) groups excluding carboxylic acids is 1. The van der Waals surface area contributed by atoms with Gasteiger partial charge in [0.2, 0.25) is 0 Å². The van der Waals surface area contributed by atoms with Crippen LogP contribution in [0.4, 0.5) is 8.78 Å². The fraction of sp³-hybridized carbons (Fsp3) is 0.0952. The summed E-state index contributed by atoms with van der Waals surface area (Å²) in [5.74, 6) is -2.11. The van der Waals surface area contributed by atoms with Gasteiger partial charge in [-0.1, -0.05) is 36.4 Å². The Morgan fingerprint density at radius 2 is 1.64 bits per heavy atom. The van der Waals surface area contributed by atoms with E-state index in [9.17, 15) is 13.6 Å². The van der Waals surface area contributed by atoms with Crippen molar-refractivity contribution in [1.29, 1.82) is 0 Å². The molecule has 0 aliphatic heterocycles. The quantitative estimate of drug-likeness (QED) is 0.375. The van der Waals surface area contributed by atoms with Crippen molar-refractivity contribution in [3.8, 4) is 21.6 Å². The maximum Gasteiger partial charge on any atom is 0.169 e. The van der Waals surface area contributed by atoms with Gasteiger partial charge in [0.1, 0.15) is 0 Å². The number of aldehydes is 1. The van der Waals surface area contributed by atoms with E-state index in [1.54, 1.807) is 23.5 Å². The highest BCUT2D eigenvalue weighted by Crippen LogP contribution is 2.32. The van der Waals surface area contributed by atoms with Crippen LogP contribution in [-0.4, -0.2) is 6.29 Å². The molecule has 126 valence electrons. The zero-order valence-corrected chi connectivity index (χ0v) is 14.3. The maximum atomic E-state index is 14.1. The molecule has 25 heavy (non-hydrogen) atoms. The summed E-state index contributed by atoms with van der Waals surface area (Å²) in [5.41, 5.74) is 1.47. The van der Waals surface area contributed by atoms with Crippen LogP contribution in [0.25, 0.3) is 21.6 Å². The van der Waals surface area contributed by atoms with Gasteiger partial charge in [-0.15, -0.1) is 17.9 Å². The molecule has 0 radical (unpaired) electrons. The largest absolute Gasteiger partial charge is 0.298 e. The Kier molecular flexibility index (Phi) is 5.19. The summed E-state index contributed by atoms with van der Waals surface area (Å²) in [7, 11) is 0. The summed E-state index contributed by atoms with van der Waals surface area (Å²) < 4.78 is 27.9. The number of hydrogen-bond donors (Lipinski definition) is 0. The van der Waals surface area contributed by atoms with Crippen molar-refractivity contribution in [3.63, 3.8) is 0 Å². The Morgan fingerprint density at radius 1 is 0.920 bits per heavy atom. The van der Waals surface area contributed by atoms with E-state index in [4.69, 9.17) is 0 Å². The molecule has 0 unspecified atom stereocenters. The second kappa shape index (κ2) is 7.53. The first-order chi connectivity index (χ1) is 12.1. The number of allylic oxidation sites excluding steroid dienone is 1. The predicted octanol–water partition coefficient (Wildman–Crippen LogP) is 6.29. The minimum Gasteiger partial charge on any atom is -0.298 e. The molecule has 3 rings (SSSR count). The highest BCUT2D eigenvalue weighted by molar-refractivity contribution is 7.15. The lowest BCUT2D eigenvalue weighted by Gasteiger charge is -2.07. The van der Waals surface area contributed by atoms with Gasteiger partial charge >= 0.3 is 0 Å². The molecule has 2 aromatic carbocycles. The van der Waals surface area contributed by atoms with Crippen LogP contribution in [0.3, 0.4) is 0 Å². The van der Waals surface area contributed by atoms with Gasteiger partial charge < -0.3 is 0 Å². The molecule has 0 aliphatic rings. The predicted molar refractivity (Wildman–Crippen MR) is 99.0 cm³/mol. The normalized spacial score (nSPS) is 10.6. The van der Waals surface area contributed by atoms with Crippen molar-refractivity contribution in [3.05, 3.63) is 83.3 Å². The van der Waals surface area contributed by atoms with Gasteiger partial charge in [-0.05, 0) is 42.2 Å². The fourth-order valence-electron chi connectivity index (χ4n) is 2.60. The van der Waals surface area contributed by atoms with Crippen molar-refractivity contribution >= 4 is 17.6 Å². The lowest BCUT2D eigenvalue weighted by atomic mass is 10.0. The molecule has 0 saturated carbocycles. The Balaban J connectivity index is 1.88. The molecule has 4 heteroatoms. The lowest BCUT2D eigenvalue weighted by Crippen LogP contribution is -1.95. The molecule has 0 amide bonds. The zero-order chi connectivity index (χ0) is 17.8. The minimum atomic E-state index is -1.11. The molecule has 0 spiro atoms. The van der Waals surface area contributed by atoms with Gasteiger partial charge in [-0.25, -0.2) is 8.78 Å². The second-order valence-corrected chi connectivity index (χ2v) is 6.79. The van der Waals surface area contributed by atoms with Gasteiger partial charge in [-0.2, -0.15) is 0 Å². The first-order valence-electron chi connectivity index (χ1n) is 7.87. The number of benzene rings is 2. The second-order valence-electron chi connectivity index (χ2n) is 5.62.